The van der Waals surface area contributed by atoms with Crippen molar-refractivity contribution >= 4 is 46.6 Å². The average molecular weight is 489 g/mol. The number of rotatable bonds is 8. The van der Waals surface area contributed by atoms with Crippen LogP contribution in [0.1, 0.15) is 6.92 Å². The van der Waals surface area contributed by atoms with Crippen molar-refractivity contribution in [2.24, 2.45) is 0 Å². The van der Waals surface area contributed by atoms with Crippen LogP contribution >= 0.6 is 35.0 Å². The monoisotopic (exact) mass is 488 g/mol. The molecule has 0 aliphatic heterocycles. The summed E-state index contributed by atoms with van der Waals surface area (Å²) in [5.74, 6) is 1.69. The lowest BCUT2D eigenvalue weighted by molar-refractivity contribution is -0.113. The van der Waals surface area contributed by atoms with Crippen molar-refractivity contribution in [3.8, 4) is 23.0 Å². The number of benzene rings is 2. The molecule has 1 amide bonds. The van der Waals surface area contributed by atoms with E-state index in [1.165, 1.54) is 11.8 Å². The molecule has 1 N–H and O–H groups in total. The molecular formula is C22H18Cl2N4O3S. The van der Waals surface area contributed by atoms with Crippen LogP contribution in [0.5, 0.6) is 5.75 Å². The summed E-state index contributed by atoms with van der Waals surface area (Å²) in [5.41, 5.74) is 1.26. The largest absolute Gasteiger partial charge is 0.494 e. The van der Waals surface area contributed by atoms with Gasteiger partial charge in [0.1, 0.15) is 5.75 Å². The molecule has 0 fully saturated rings. The lowest BCUT2D eigenvalue weighted by atomic mass is 10.3. The van der Waals surface area contributed by atoms with Gasteiger partial charge >= 0.3 is 0 Å². The number of carbonyl (C=O) groups is 1. The van der Waals surface area contributed by atoms with E-state index in [0.717, 1.165) is 11.4 Å². The standard InChI is InChI=1S/C22H18Cl2N4O3S/c1-2-30-16-8-6-15(7-9-16)28-21(19-4-3-11-31-19)26-27-22(28)32-13-20(29)25-18-12-14(23)5-10-17(18)24/h3-12H,2,13H2,1H3,(H,25,29). The molecular weight excluding hydrogens is 471 g/mol. The predicted molar refractivity (Wildman–Crippen MR) is 126 cm³/mol. The Morgan fingerprint density at radius 1 is 1.16 bits per heavy atom. The number of aromatic nitrogens is 3. The van der Waals surface area contributed by atoms with E-state index in [4.69, 9.17) is 32.4 Å². The minimum absolute atomic E-state index is 0.0934. The van der Waals surface area contributed by atoms with Gasteiger partial charge in [-0.1, -0.05) is 35.0 Å². The maximum absolute atomic E-state index is 12.5. The van der Waals surface area contributed by atoms with Gasteiger partial charge in [-0.3, -0.25) is 9.36 Å². The maximum atomic E-state index is 12.5. The van der Waals surface area contributed by atoms with Gasteiger partial charge in [-0.15, -0.1) is 10.2 Å². The smallest absolute Gasteiger partial charge is 0.234 e. The molecule has 2 aromatic heterocycles. The van der Waals surface area contributed by atoms with Crippen LogP contribution in [0.2, 0.25) is 10.0 Å². The highest BCUT2D eigenvalue weighted by Crippen LogP contribution is 2.30. The molecule has 0 saturated carbocycles. The van der Waals surface area contributed by atoms with E-state index < -0.39 is 0 Å². The highest BCUT2D eigenvalue weighted by Gasteiger charge is 2.19. The van der Waals surface area contributed by atoms with E-state index in [1.807, 2.05) is 35.8 Å². The molecule has 0 radical (unpaired) electrons. The number of carbonyl (C=O) groups excluding carboxylic acids is 1. The second-order valence-corrected chi connectivity index (χ2v) is 8.29. The van der Waals surface area contributed by atoms with Crippen LogP contribution in [-0.4, -0.2) is 33.0 Å². The predicted octanol–water partition coefficient (Wildman–Crippen LogP) is 5.96. The Bertz CT molecular complexity index is 1210. The molecule has 0 unspecified atom stereocenters. The molecule has 0 aliphatic carbocycles. The topological polar surface area (TPSA) is 82.2 Å². The molecule has 32 heavy (non-hydrogen) atoms. The zero-order chi connectivity index (χ0) is 22.5. The molecule has 10 heteroatoms. The summed E-state index contributed by atoms with van der Waals surface area (Å²) in [5, 5.41) is 12.7. The van der Waals surface area contributed by atoms with Crippen LogP contribution in [0.4, 0.5) is 5.69 Å². The average Bonchev–Trinajstić information content (AvgIpc) is 3.45. The maximum Gasteiger partial charge on any atom is 0.234 e. The number of furan rings is 1. The highest BCUT2D eigenvalue weighted by atomic mass is 35.5. The molecule has 0 saturated heterocycles. The summed E-state index contributed by atoms with van der Waals surface area (Å²) in [6, 6.07) is 16.0. The van der Waals surface area contributed by atoms with Gasteiger partial charge in [0, 0.05) is 5.02 Å². The number of ether oxygens (including phenoxy) is 1. The van der Waals surface area contributed by atoms with Crippen molar-refractivity contribution < 1.29 is 13.9 Å². The van der Waals surface area contributed by atoms with Crippen LogP contribution in [-0.2, 0) is 4.79 Å². The molecule has 0 atom stereocenters. The third-order valence-electron chi connectivity index (χ3n) is 4.32. The number of nitrogens with zero attached hydrogens (tertiary/aromatic N) is 3. The Morgan fingerprint density at radius 3 is 2.69 bits per heavy atom. The summed E-state index contributed by atoms with van der Waals surface area (Å²) in [4.78, 5) is 12.5. The van der Waals surface area contributed by atoms with Gasteiger partial charge in [-0.25, -0.2) is 0 Å². The number of halogens is 2. The first-order valence-electron chi connectivity index (χ1n) is 9.65. The van der Waals surface area contributed by atoms with Crippen LogP contribution in [0, 0.1) is 0 Å². The molecule has 2 aromatic carbocycles. The first-order valence-corrected chi connectivity index (χ1v) is 11.4. The van der Waals surface area contributed by atoms with Crippen molar-refractivity contribution in [1.29, 1.82) is 0 Å². The number of hydrogen-bond acceptors (Lipinski definition) is 6. The molecule has 7 nitrogen and oxygen atoms in total. The Kier molecular flexibility index (Phi) is 7.04. The zero-order valence-electron chi connectivity index (χ0n) is 16.9. The van der Waals surface area contributed by atoms with E-state index in [1.54, 1.807) is 36.6 Å². The van der Waals surface area contributed by atoms with Gasteiger partial charge in [-0.2, -0.15) is 0 Å². The van der Waals surface area contributed by atoms with Gasteiger partial charge in [0.25, 0.3) is 0 Å². The third kappa shape index (κ3) is 5.09. The molecule has 164 valence electrons. The fourth-order valence-electron chi connectivity index (χ4n) is 2.93. The summed E-state index contributed by atoms with van der Waals surface area (Å²) < 4.78 is 12.9. The van der Waals surface area contributed by atoms with E-state index in [0.29, 0.717) is 39.1 Å². The fourth-order valence-corrected chi connectivity index (χ4v) is 4.02. The highest BCUT2D eigenvalue weighted by molar-refractivity contribution is 7.99. The second-order valence-electron chi connectivity index (χ2n) is 6.51. The summed E-state index contributed by atoms with van der Waals surface area (Å²) >= 11 is 13.4. The van der Waals surface area contributed by atoms with Gasteiger partial charge in [-0.05, 0) is 61.5 Å². The number of thioether (sulfide) groups is 1. The minimum Gasteiger partial charge on any atom is -0.494 e. The van der Waals surface area contributed by atoms with Crippen molar-refractivity contribution in [2.45, 2.75) is 12.1 Å². The van der Waals surface area contributed by atoms with Crippen molar-refractivity contribution in [1.82, 2.24) is 14.8 Å². The van der Waals surface area contributed by atoms with E-state index in [2.05, 4.69) is 15.5 Å². The Hall–Kier alpha value is -2.94. The first-order chi connectivity index (χ1) is 15.5. The molecule has 4 rings (SSSR count). The van der Waals surface area contributed by atoms with E-state index >= 15 is 0 Å². The zero-order valence-corrected chi connectivity index (χ0v) is 19.2. The summed E-state index contributed by atoms with van der Waals surface area (Å²) in [7, 11) is 0. The van der Waals surface area contributed by atoms with Crippen molar-refractivity contribution in [2.75, 3.05) is 17.7 Å². The lowest BCUT2D eigenvalue weighted by Gasteiger charge is -2.11. The van der Waals surface area contributed by atoms with E-state index in [9.17, 15) is 4.79 Å². The van der Waals surface area contributed by atoms with Gasteiger partial charge in [0.05, 0.1) is 35.0 Å². The van der Waals surface area contributed by atoms with E-state index in [-0.39, 0.29) is 11.7 Å². The normalized spacial score (nSPS) is 10.8. The molecule has 2 heterocycles. The Morgan fingerprint density at radius 2 is 1.97 bits per heavy atom. The quantitative estimate of drug-likeness (QED) is 0.308. The minimum atomic E-state index is -0.250. The first kappa shape index (κ1) is 22.3. The molecule has 4 aromatic rings. The number of amides is 1. The van der Waals surface area contributed by atoms with Crippen LogP contribution in [0.3, 0.4) is 0 Å². The van der Waals surface area contributed by atoms with Crippen LogP contribution in [0.15, 0.2) is 70.4 Å². The van der Waals surface area contributed by atoms with Gasteiger partial charge < -0.3 is 14.5 Å². The molecule has 0 aliphatic rings. The number of hydrogen-bond donors (Lipinski definition) is 1. The fraction of sp³-hybridized carbons (Fsp3) is 0.136. The van der Waals surface area contributed by atoms with Crippen molar-refractivity contribution in [3.63, 3.8) is 0 Å². The van der Waals surface area contributed by atoms with Crippen molar-refractivity contribution in [3.05, 3.63) is 70.9 Å². The SMILES string of the molecule is CCOc1ccc(-n2c(SCC(=O)Nc3cc(Cl)ccc3Cl)nnc2-c2ccco2)cc1. The van der Waals surface area contributed by atoms with Gasteiger partial charge in [0.2, 0.25) is 11.7 Å². The summed E-state index contributed by atoms with van der Waals surface area (Å²) in [6.45, 7) is 2.51. The third-order valence-corrected chi connectivity index (χ3v) is 5.81. The second kappa shape index (κ2) is 10.1. The Balaban J connectivity index is 1.57. The van der Waals surface area contributed by atoms with Gasteiger partial charge in [0.15, 0.2) is 10.9 Å². The van der Waals surface area contributed by atoms with Crippen LogP contribution in [0.25, 0.3) is 17.3 Å². The number of anilines is 1. The summed E-state index contributed by atoms with van der Waals surface area (Å²) in [6.07, 6.45) is 1.57. The molecule has 0 spiro atoms. The van der Waals surface area contributed by atoms with Crippen LogP contribution < -0.4 is 10.1 Å². The number of nitrogens with one attached hydrogen (secondary N) is 1. The lowest BCUT2D eigenvalue weighted by Crippen LogP contribution is -2.15. The Labute approximate surface area is 198 Å². The molecule has 0 bridgehead atoms.